The molecular weight excluding hydrogens is 282 g/mol. The second-order valence-electron chi connectivity index (χ2n) is 5.96. The van der Waals surface area contributed by atoms with E-state index in [1.807, 2.05) is 0 Å². The lowest BCUT2D eigenvalue weighted by molar-refractivity contribution is -0.153. The smallest absolute Gasteiger partial charge is 0.336 e. The SMILES string of the molecule is C#Cc1cc(CNCC(=O)OC(C)(C)C)cc(C(=O)O)c1C. The molecule has 0 unspecified atom stereocenters. The number of nitrogens with one attached hydrogen (secondary N) is 1. The molecule has 0 aliphatic heterocycles. The van der Waals surface area contributed by atoms with Gasteiger partial charge in [-0.15, -0.1) is 6.42 Å². The Morgan fingerprint density at radius 2 is 2.00 bits per heavy atom. The van der Waals surface area contributed by atoms with Crippen molar-refractivity contribution in [1.82, 2.24) is 5.32 Å². The van der Waals surface area contributed by atoms with E-state index in [-0.39, 0.29) is 18.1 Å². The van der Waals surface area contributed by atoms with Crippen molar-refractivity contribution in [3.8, 4) is 12.3 Å². The summed E-state index contributed by atoms with van der Waals surface area (Å²) in [5.74, 6) is 1.09. The maximum absolute atomic E-state index is 11.6. The summed E-state index contributed by atoms with van der Waals surface area (Å²) in [5, 5.41) is 12.1. The molecule has 0 atom stereocenters. The lowest BCUT2D eigenvalue weighted by Crippen LogP contribution is -2.31. The molecule has 0 saturated carbocycles. The van der Waals surface area contributed by atoms with Crippen LogP contribution in [0.1, 0.15) is 47.8 Å². The lowest BCUT2D eigenvalue weighted by Gasteiger charge is -2.19. The highest BCUT2D eigenvalue weighted by Crippen LogP contribution is 2.16. The summed E-state index contributed by atoms with van der Waals surface area (Å²) in [6.45, 7) is 7.43. The summed E-state index contributed by atoms with van der Waals surface area (Å²) >= 11 is 0. The number of carbonyl (C=O) groups is 2. The largest absolute Gasteiger partial charge is 0.478 e. The molecule has 0 aliphatic carbocycles. The van der Waals surface area contributed by atoms with Gasteiger partial charge >= 0.3 is 11.9 Å². The summed E-state index contributed by atoms with van der Waals surface area (Å²) < 4.78 is 5.17. The van der Waals surface area contributed by atoms with Gasteiger partial charge < -0.3 is 15.2 Å². The number of hydrogen-bond donors (Lipinski definition) is 2. The summed E-state index contributed by atoms with van der Waals surface area (Å²) in [6.07, 6.45) is 5.40. The number of carbonyl (C=O) groups excluding carboxylic acids is 1. The third-order valence-corrected chi connectivity index (χ3v) is 2.87. The minimum atomic E-state index is -1.03. The third kappa shape index (κ3) is 5.23. The van der Waals surface area contributed by atoms with Crippen molar-refractivity contribution in [3.63, 3.8) is 0 Å². The van der Waals surface area contributed by atoms with E-state index in [2.05, 4.69) is 11.2 Å². The monoisotopic (exact) mass is 303 g/mol. The van der Waals surface area contributed by atoms with Crippen molar-refractivity contribution in [2.24, 2.45) is 0 Å². The number of rotatable bonds is 5. The molecule has 0 aliphatic rings. The van der Waals surface area contributed by atoms with Crippen LogP contribution in [0.15, 0.2) is 12.1 Å². The molecule has 0 heterocycles. The van der Waals surface area contributed by atoms with Crippen LogP contribution in [0.3, 0.4) is 0 Å². The van der Waals surface area contributed by atoms with Gasteiger partial charge in [-0.05, 0) is 51.0 Å². The fourth-order valence-corrected chi connectivity index (χ4v) is 1.93. The zero-order valence-electron chi connectivity index (χ0n) is 13.3. The molecule has 0 saturated heterocycles. The molecule has 0 aromatic heterocycles. The van der Waals surface area contributed by atoms with Gasteiger partial charge in [0.1, 0.15) is 5.60 Å². The Kier molecular flexibility index (Phi) is 5.72. The predicted octanol–water partition coefficient (Wildman–Crippen LogP) is 2.11. The molecule has 0 amide bonds. The number of esters is 1. The number of hydrogen-bond acceptors (Lipinski definition) is 4. The number of aromatic carboxylic acids is 1. The van der Waals surface area contributed by atoms with Gasteiger partial charge in [-0.3, -0.25) is 4.79 Å². The fraction of sp³-hybridized carbons (Fsp3) is 0.412. The van der Waals surface area contributed by atoms with Crippen LogP contribution >= 0.6 is 0 Å². The van der Waals surface area contributed by atoms with Crippen molar-refractivity contribution in [1.29, 1.82) is 0 Å². The summed E-state index contributed by atoms with van der Waals surface area (Å²) in [4.78, 5) is 22.8. The second-order valence-corrected chi connectivity index (χ2v) is 5.96. The van der Waals surface area contributed by atoms with Crippen molar-refractivity contribution < 1.29 is 19.4 Å². The van der Waals surface area contributed by atoms with E-state index in [9.17, 15) is 14.7 Å². The Morgan fingerprint density at radius 3 is 2.50 bits per heavy atom. The van der Waals surface area contributed by atoms with Gasteiger partial charge in [0.05, 0.1) is 12.1 Å². The minimum absolute atomic E-state index is 0.0406. The van der Waals surface area contributed by atoms with E-state index in [0.717, 1.165) is 0 Å². The van der Waals surface area contributed by atoms with Crippen LogP contribution in [0.2, 0.25) is 0 Å². The second kappa shape index (κ2) is 7.10. The van der Waals surface area contributed by atoms with E-state index < -0.39 is 11.6 Å². The van der Waals surface area contributed by atoms with Crippen LogP contribution in [-0.2, 0) is 16.1 Å². The van der Waals surface area contributed by atoms with E-state index in [1.54, 1.807) is 39.8 Å². The maximum Gasteiger partial charge on any atom is 0.336 e. The van der Waals surface area contributed by atoms with Gasteiger partial charge in [0.25, 0.3) is 0 Å². The molecule has 2 N–H and O–H groups in total. The highest BCUT2D eigenvalue weighted by Gasteiger charge is 2.16. The van der Waals surface area contributed by atoms with Gasteiger partial charge in [0.2, 0.25) is 0 Å². The van der Waals surface area contributed by atoms with Crippen molar-refractivity contribution in [3.05, 3.63) is 34.4 Å². The highest BCUT2D eigenvalue weighted by atomic mass is 16.6. The first kappa shape index (κ1) is 17.7. The molecule has 1 rings (SSSR count). The first-order chi connectivity index (χ1) is 10.1. The topological polar surface area (TPSA) is 75.6 Å². The van der Waals surface area contributed by atoms with Crippen molar-refractivity contribution in [2.75, 3.05) is 6.54 Å². The summed E-state index contributed by atoms with van der Waals surface area (Å²) in [5.41, 5.74) is 1.44. The predicted molar refractivity (Wildman–Crippen MR) is 83.6 cm³/mol. The molecule has 5 heteroatoms. The Labute approximate surface area is 130 Å². The molecule has 1 aromatic rings. The summed E-state index contributed by atoms with van der Waals surface area (Å²) in [6, 6.07) is 3.30. The fourth-order valence-electron chi connectivity index (χ4n) is 1.93. The lowest BCUT2D eigenvalue weighted by atomic mass is 9.99. The number of benzene rings is 1. The van der Waals surface area contributed by atoms with Crippen molar-refractivity contribution in [2.45, 2.75) is 39.8 Å². The normalized spacial score (nSPS) is 10.9. The number of carboxylic acids is 1. The van der Waals surface area contributed by atoms with Crippen LogP contribution in [0.25, 0.3) is 0 Å². The van der Waals surface area contributed by atoms with Crippen LogP contribution in [0.5, 0.6) is 0 Å². The number of carboxylic acid groups (broad SMARTS) is 1. The third-order valence-electron chi connectivity index (χ3n) is 2.87. The first-order valence-corrected chi connectivity index (χ1v) is 6.90. The van der Waals surface area contributed by atoms with Gasteiger partial charge in [-0.2, -0.15) is 0 Å². The van der Waals surface area contributed by atoms with Crippen molar-refractivity contribution >= 4 is 11.9 Å². The van der Waals surface area contributed by atoms with Gasteiger partial charge in [-0.25, -0.2) is 4.79 Å². The zero-order valence-corrected chi connectivity index (χ0v) is 13.3. The van der Waals surface area contributed by atoms with Gasteiger partial charge in [0.15, 0.2) is 0 Å². The molecule has 0 fully saturated rings. The molecule has 118 valence electrons. The highest BCUT2D eigenvalue weighted by molar-refractivity contribution is 5.90. The molecule has 0 radical (unpaired) electrons. The average Bonchev–Trinajstić information content (AvgIpc) is 2.37. The van der Waals surface area contributed by atoms with Crippen LogP contribution in [0, 0.1) is 19.3 Å². The van der Waals surface area contributed by atoms with Gasteiger partial charge in [0, 0.05) is 12.1 Å². The first-order valence-electron chi connectivity index (χ1n) is 6.90. The zero-order chi connectivity index (χ0) is 16.9. The molecule has 1 aromatic carbocycles. The number of terminal acetylenes is 1. The van der Waals surface area contributed by atoms with Gasteiger partial charge in [-0.1, -0.05) is 5.92 Å². The molecule has 0 spiro atoms. The Morgan fingerprint density at radius 1 is 1.36 bits per heavy atom. The molecular formula is C17H21NO4. The molecule has 0 bridgehead atoms. The maximum atomic E-state index is 11.6. The van der Waals surface area contributed by atoms with Crippen LogP contribution < -0.4 is 5.32 Å². The Hall–Kier alpha value is -2.32. The molecule has 5 nitrogen and oxygen atoms in total. The standard InChI is InChI=1S/C17H21NO4/c1-6-13-7-12(8-14(11(13)2)16(20)21)9-18-10-15(19)22-17(3,4)5/h1,7-8,18H,9-10H2,2-5H3,(H,20,21). The average molecular weight is 303 g/mol. The van der Waals surface area contributed by atoms with E-state index >= 15 is 0 Å². The van der Waals surface area contributed by atoms with Crippen LogP contribution in [0.4, 0.5) is 0 Å². The van der Waals surface area contributed by atoms with E-state index in [1.165, 1.54) is 0 Å². The Bertz CT molecular complexity index is 621. The summed E-state index contributed by atoms with van der Waals surface area (Å²) in [7, 11) is 0. The Balaban J connectivity index is 2.75. The van der Waals surface area contributed by atoms with Crippen LogP contribution in [-0.4, -0.2) is 29.2 Å². The number of ether oxygens (including phenoxy) is 1. The van der Waals surface area contributed by atoms with E-state index in [0.29, 0.717) is 23.2 Å². The van der Waals surface area contributed by atoms with E-state index in [4.69, 9.17) is 11.2 Å². The molecule has 22 heavy (non-hydrogen) atoms. The minimum Gasteiger partial charge on any atom is -0.478 e. The quantitative estimate of drug-likeness (QED) is 0.643.